The van der Waals surface area contributed by atoms with Crippen molar-refractivity contribution in [3.8, 4) is 0 Å². The number of nitrogens with zero attached hydrogens (tertiary/aromatic N) is 1. The SMILES string of the molecule is CC(=O)C(C)=Cc1ccncc1Cl. The van der Waals surface area contributed by atoms with Gasteiger partial charge in [0.15, 0.2) is 5.78 Å². The fourth-order valence-corrected chi connectivity index (χ4v) is 1.01. The number of carbonyl (C=O) groups excluding carboxylic acids is 1. The van der Waals surface area contributed by atoms with Gasteiger partial charge in [0, 0.05) is 12.4 Å². The molecule has 0 atom stereocenters. The molecule has 0 fully saturated rings. The third-order valence-electron chi connectivity index (χ3n) is 1.73. The van der Waals surface area contributed by atoms with Crippen molar-refractivity contribution in [2.45, 2.75) is 13.8 Å². The molecule has 0 saturated carbocycles. The van der Waals surface area contributed by atoms with Crippen molar-refractivity contribution in [2.75, 3.05) is 0 Å². The summed E-state index contributed by atoms with van der Waals surface area (Å²) in [7, 11) is 0. The van der Waals surface area contributed by atoms with Gasteiger partial charge >= 0.3 is 0 Å². The Morgan fingerprint density at radius 3 is 2.77 bits per heavy atom. The Morgan fingerprint density at radius 1 is 1.54 bits per heavy atom. The summed E-state index contributed by atoms with van der Waals surface area (Å²) in [4.78, 5) is 14.8. The predicted molar refractivity (Wildman–Crippen MR) is 53.6 cm³/mol. The zero-order valence-electron chi connectivity index (χ0n) is 7.54. The van der Waals surface area contributed by atoms with Crippen molar-refractivity contribution in [3.05, 3.63) is 34.6 Å². The van der Waals surface area contributed by atoms with E-state index in [1.807, 2.05) is 0 Å². The summed E-state index contributed by atoms with van der Waals surface area (Å²) in [5.74, 6) is 0.0490. The Kier molecular flexibility index (Phi) is 3.20. The summed E-state index contributed by atoms with van der Waals surface area (Å²) in [5.41, 5.74) is 1.51. The van der Waals surface area contributed by atoms with Crippen LogP contribution in [0.5, 0.6) is 0 Å². The van der Waals surface area contributed by atoms with Crippen molar-refractivity contribution in [1.82, 2.24) is 4.98 Å². The van der Waals surface area contributed by atoms with E-state index in [4.69, 9.17) is 11.6 Å². The van der Waals surface area contributed by atoms with E-state index in [0.717, 1.165) is 5.56 Å². The van der Waals surface area contributed by atoms with Gasteiger partial charge in [-0.05, 0) is 37.1 Å². The third-order valence-corrected chi connectivity index (χ3v) is 2.05. The topological polar surface area (TPSA) is 30.0 Å². The minimum atomic E-state index is 0.0490. The molecular formula is C10H10ClNO. The van der Waals surface area contributed by atoms with Gasteiger partial charge < -0.3 is 0 Å². The Labute approximate surface area is 82.3 Å². The molecule has 0 aliphatic rings. The average Bonchev–Trinajstić information content (AvgIpc) is 2.08. The molecule has 1 heterocycles. The molecule has 3 heteroatoms. The maximum Gasteiger partial charge on any atom is 0.155 e. The summed E-state index contributed by atoms with van der Waals surface area (Å²) in [6, 6.07) is 1.77. The molecule has 1 aromatic heterocycles. The third kappa shape index (κ3) is 2.67. The van der Waals surface area contributed by atoms with Crippen LogP contribution in [0, 0.1) is 0 Å². The molecule has 1 aromatic rings. The second kappa shape index (κ2) is 4.19. The highest BCUT2D eigenvalue weighted by Crippen LogP contribution is 2.16. The van der Waals surface area contributed by atoms with Crippen LogP contribution in [0.2, 0.25) is 5.02 Å². The number of hydrogen-bond acceptors (Lipinski definition) is 2. The molecule has 0 amide bonds. The number of halogens is 1. The van der Waals surface area contributed by atoms with Gasteiger partial charge in [0.05, 0.1) is 5.02 Å². The summed E-state index contributed by atoms with van der Waals surface area (Å²) in [6.07, 6.45) is 4.96. The molecule has 0 bridgehead atoms. The molecule has 13 heavy (non-hydrogen) atoms. The van der Waals surface area contributed by atoms with Crippen molar-refractivity contribution < 1.29 is 4.79 Å². The van der Waals surface area contributed by atoms with Gasteiger partial charge in [-0.1, -0.05) is 11.6 Å². The lowest BCUT2D eigenvalue weighted by Crippen LogP contribution is -1.91. The van der Waals surface area contributed by atoms with E-state index in [0.29, 0.717) is 10.6 Å². The molecule has 0 aliphatic carbocycles. The van der Waals surface area contributed by atoms with Gasteiger partial charge in [-0.25, -0.2) is 0 Å². The largest absolute Gasteiger partial charge is 0.295 e. The van der Waals surface area contributed by atoms with Gasteiger partial charge in [-0.2, -0.15) is 0 Å². The number of rotatable bonds is 2. The lowest BCUT2D eigenvalue weighted by molar-refractivity contribution is -0.113. The fourth-order valence-electron chi connectivity index (χ4n) is 0.838. The molecule has 0 spiro atoms. The van der Waals surface area contributed by atoms with Crippen molar-refractivity contribution >= 4 is 23.5 Å². The van der Waals surface area contributed by atoms with E-state index in [1.165, 1.54) is 6.92 Å². The van der Waals surface area contributed by atoms with E-state index in [-0.39, 0.29) is 5.78 Å². The van der Waals surface area contributed by atoms with Crippen LogP contribution in [0.25, 0.3) is 6.08 Å². The maximum atomic E-state index is 10.9. The van der Waals surface area contributed by atoms with Gasteiger partial charge in [0.1, 0.15) is 0 Å². The van der Waals surface area contributed by atoms with Gasteiger partial charge in [-0.3, -0.25) is 9.78 Å². The molecule has 1 rings (SSSR count). The van der Waals surface area contributed by atoms with Gasteiger partial charge in [0.2, 0.25) is 0 Å². The molecule has 0 radical (unpaired) electrons. The van der Waals surface area contributed by atoms with E-state index >= 15 is 0 Å². The second-order valence-electron chi connectivity index (χ2n) is 2.78. The van der Waals surface area contributed by atoms with Crippen LogP contribution in [0.4, 0.5) is 0 Å². The molecule has 68 valence electrons. The van der Waals surface area contributed by atoms with Crippen molar-refractivity contribution in [1.29, 1.82) is 0 Å². The smallest absolute Gasteiger partial charge is 0.155 e. The number of hydrogen-bond donors (Lipinski definition) is 0. The first-order valence-electron chi connectivity index (χ1n) is 3.90. The normalized spacial score (nSPS) is 11.5. The molecule has 0 aliphatic heterocycles. The highest BCUT2D eigenvalue weighted by Gasteiger charge is 1.99. The zero-order chi connectivity index (χ0) is 9.84. The van der Waals surface area contributed by atoms with Crippen LogP contribution in [0.3, 0.4) is 0 Å². The Bertz CT molecular complexity index is 358. The van der Waals surface area contributed by atoms with Crippen molar-refractivity contribution in [3.63, 3.8) is 0 Å². The van der Waals surface area contributed by atoms with Crippen LogP contribution in [-0.2, 0) is 4.79 Å². The molecular weight excluding hydrogens is 186 g/mol. The van der Waals surface area contributed by atoms with Gasteiger partial charge in [0.25, 0.3) is 0 Å². The lowest BCUT2D eigenvalue weighted by Gasteiger charge is -1.98. The number of carbonyl (C=O) groups is 1. The lowest BCUT2D eigenvalue weighted by atomic mass is 10.1. The minimum absolute atomic E-state index is 0.0490. The first-order valence-corrected chi connectivity index (χ1v) is 4.28. The number of allylic oxidation sites excluding steroid dienone is 1. The molecule has 0 unspecified atom stereocenters. The summed E-state index contributed by atoms with van der Waals surface area (Å²) < 4.78 is 0. The molecule has 0 aromatic carbocycles. The maximum absolute atomic E-state index is 10.9. The molecule has 0 N–H and O–H groups in total. The monoisotopic (exact) mass is 195 g/mol. The van der Waals surface area contributed by atoms with Crippen LogP contribution in [0.15, 0.2) is 24.0 Å². The minimum Gasteiger partial charge on any atom is -0.295 e. The Balaban J connectivity index is 3.04. The first kappa shape index (κ1) is 9.93. The van der Waals surface area contributed by atoms with Gasteiger partial charge in [-0.15, -0.1) is 0 Å². The predicted octanol–water partition coefficient (Wildman–Crippen LogP) is 2.73. The summed E-state index contributed by atoms with van der Waals surface area (Å²) in [6.45, 7) is 3.29. The highest BCUT2D eigenvalue weighted by atomic mass is 35.5. The number of pyridine rings is 1. The van der Waals surface area contributed by atoms with E-state index in [9.17, 15) is 4.79 Å². The van der Waals surface area contributed by atoms with Crippen LogP contribution in [0.1, 0.15) is 19.4 Å². The second-order valence-corrected chi connectivity index (χ2v) is 3.19. The van der Waals surface area contributed by atoms with E-state index < -0.39 is 0 Å². The first-order chi connectivity index (χ1) is 6.11. The number of Topliss-reactive ketones (excluding diaryl/α,β-unsaturated/α-hetero) is 1. The highest BCUT2D eigenvalue weighted by molar-refractivity contribution is 6.32. The fraction of sp³-hybridized carbons (Fsp3) is 0.200. The standard InChI is InChI=1S/C10H10ClNO/c1-7(8(2)13)5-9-3-4-12-6-10(9)11/h3-6H,1-2H3. The molecule has 0 saturated heterocycles. The molecule has 2 nitrogen and oxygen atoms in total. The number of ketones is 1. The number of aromatic nitrogens is 1. The Hall–Kier alpha value is -1.15. The average molecular weight is 196 g/mol. The van der Waals surface area contributed by atoms with E-state index in [1.54, 1.807) is 31.5 Å². The van der Waals surface area contributed by atoms with Crippen LogP contribution >= 0.6 is 11.6 Å². The van der Waals surface area contributed by atoms with Crippen molar-refractivity contribution in [2.24, 2.45) is 0 Å². The van der Waals surface area contributed by atoms with E-state index in [2.05, 4.69) is 4.98 Å². The zero-order valence-corrected chi connectivity index (χ0v) is 8.30. The Morgan fingerprint density at radius 2 is 2.23 bits per heavy atom. The summed E-state index contributed by atoms with van der Waals surface area (Å²) >= 11 is 5.85. The van der Waals surface area contributed by atoms with Crippen LogP contribution < -0.4 is 0 Å². The quantitative estimate of drug-likeness (QED) is 0.680. The van der Waals surface area contributed by atoms with Crippen LogP contribution in [-0.4, -0.2) is 10.8 Å². The summed E-state index contributed by atoms with van der Waals surface area (Å²) in [5, 5.41) is 0.558.